The molecule has 102 valence electrons. The number of carbonyl (C=O) groups excluding carboxylic acids is 1. The molecule has 3 rings (SSSR count). The van der Waals surface area contributed by atoms with E-state index < -0.39 is 23.0 Å². The van der Waals surface area contributed by atoms with Gasteiger partial charge in [0.2, 0.25) is 5.43 Å². The number of hydrogen-bond acceptors (Lipinski definition) is 3. The Kier molecular flexibility index (Phi) is 2.67. The lowest BCUT2D eigenvalue weighted by atomic mass is 10.1. The summed E-state index contributed by atoms with van der Waals surface area (Å²) in [5.74, 6) is -2.92. The van der Waals surface area contributed by atoms with Crippen LogP contribution in [0, 0.1) is 11.6 Å². The molecule has 4 nitrogen and oxygen atoms in total. The number of nitrogens with zero attached hydrogens (tertiary/aromatic N) is 1. The number of rotatable bonds is 2. The number of esters is 1. The Labute approximate surface area is 111 Å². The number of benzene rings is 1. The van der Waals surface area contributed by atoms with Crippen LogP contribution < -0.4 is 5.43 Å². The molecule has 0 radical (unpaired) electrons. The summed E-state index contributed by atoms with van der Waals surface area (Å²) in [6.07, 6.45) is 2.73. The summed E-state index contributed by atoms with van der Waals surface area (Å²) in [7, 11) is 0. The average Bonchev–Trinajstić information content (AvgIpc) is 2.83. The number of aromatic nitrogens is 1. The molecule has 2 aromatic heterocycles. The zero-order chi connectivity index (χ0) is 14.4. The van der Waals surface area contributed by atoms with Crippen LogP contribution in [0.1, 0.15) is 17.3 Å². The lowest BCUT2D eigenvalue weighted by Crippen LogP contribution is -2.19. The van der Waals surface area contributed by atoms with Gasteiger partial charge in [-0.1, -0.05) is 0 Å². The molecular formula is C14H9F2NO3. The molecule has 20 heavy (non-hydrogen) atoms. The van der Waals surface area contributed by atoms with Crippen molar-refractivity contribution in [3.05, 3.63) is 51.9 Å². The molecule has 0 fully saturated rings. The van der Waals surface area contributed by atoms with Crippen LogP contribution in [-0.4, -0.2) is 17.0 Å². The summed E-state index contributed by atoms with van der Waals surface area (Å²) in [5.41, 5.74) is -0.622. The van der Waals surface area contributed by atoms with Crippen molar-refractivity contribution in [3.8, 4) is 0 Å². The highest BCUT2D eigenvalue weighted by atomic mass is 19.2. The number of halogens is 2. The highest BCUT2D eigenvalue weighted by Gasteiger charge is 2.20. The van der Waals surface area contributed by atoms with Gasteiger partial charge < -0.3 is 9.14 Å². The maximum atomic E-state index is 13.6. The fourth-order valence-corrected chi connectivity index (χ4v) is 2.27. The number of carbonyl (C=O) groups is 1. The molecule has 0 N–H and O–H groups in total. The Morgan fingerprint density at radius 2 is 2.10 bits per heavy atom. The molecule has 6 heteroatoms. The van der Waals surface area contributed by atoms with Gasteiger partial charge in [0.15, 0.2) is 11.6 Å². The van der Waals surface area contributed by atoms with Crippen LogP contribution in [-0.2, 0) is 4.74 Å². The van der Waals surface area contributed by atoms with Gasteiger partial charge in [0.25, 0.3) is 0 Å². The Morgan fingerprint density at radius 3 is 2.80 bits per heavy atom. The summed E-state index contributed by atoms with van der Waals surface area (Å²) in [4.78, 5) is 23.9. The summed E-state index contributed by atoms with van der Waals surface area (Å²) >= 11 is 0. The monoisotopic (exact) mass is 277 g/mol. The fourth-order valence-electron chi connectivity index (χ4n) is 2.27. The van der Waals surface area contributed by atoms with Crippen molar-refractivity contribution < 1.29 is 18.3 Å². The molecule has 3 aromatic rings. The van der Waals surface area contributed by atoms with Gasteiger partial charge in [-0.3, -0.25) is 4.79 Å². The zero-order valence-electron chi connectivity index (χ0n) is 10.4. The second-order valence-corrected chi connectivity index (χ2v) is 4.30. The maximum absolute atomic E-state index is 13.6. The van der Waals surface area contributed by atoms with Crippen molar-refractivity contribution >= 4 is 22.3 Å². The summed E-state index contributed by atoms with van der Waals surface area (Å²) in [6.45, 7) is 1.73. The van der Waals surface area contributed by atoms with Gasteiger partial charge in [-0.2, -0.15) is 0 Å². The SMILES string of the molecule is CCOC(=O)c1cn2ccc3c(F)c(F)cc(c1=O)c32. The first kappa shape index (κ1) is 12.5. The molecule has 0 amide bonds. The van der Waals surface area contributed by atoms with E-state index >= 15 is 0 Å². The van der Waals surface area contributed by atoms with Gasteiger partial charge in [0.1, 0.15) is 5.56 Å². The number of ether oxygens (including phenoxy) is 1. The third-order valence-electron chi connectivity index (χ3n) is 3.14. The maximum Gasteiger partial charge on any atom is 0.343 e. The van der Waals surface area contributed by atoms with E-state index in [2.05, 4.69) is 0 Å². The number of hydrogen-bond donors (Lipinski definition) is 0. The van der Waals surface area contributed by atoms with E-state index in [1.165, 1.54) is 22.9 Å². The molecule has 0 atom stereocenters. The van der Waals surface area contributed by atoms with Crippen LogP contribution in [0.2, 0.25) is 0 Å². The highest BCUT2D eigenvalue weighted by molar-refractivity contribution is 6.00. The largest absolute Gasteiger partial charge is 0.462 e. The van der Waals surface area contributed by atoms with Crippen LogP contribution in [0.25, 0.3) is 16.3 Å². The van der Waals surface area contributed by atoms with Crippen molar-refractivity contribution in [3.63, 3.8) is 0 Å². The number of pyridine rings is 1. The van der Waals surface area contributed by atoms with Crippen molar-refractivity contribution in [2.75, 3.05) is 6.61 Å². The normalized spacial score (nSPS) is 11.3. The lowest BCUT2D eigenvalue weighted by molar-refractivity contribution is 0.0524. The highest BCUT2D eigenvalue weighted by Crippen LogP contribution is 2.25. The van der Waals surface area contributed by atoms with Crippen molar-refractivity contribution in [2.24, 2.45) is 0 Å². The van der Waals surface area contributed by atoms with E-state index in [-0.39, 0.29) is 28.5 Å². The second kappa shape index (κ2) is 4.26. The van der Waals surface area contributed by atoms with E-state index in [0.717, 1.165) is 6.07 Å². The van der Waals surface area contributed by atoms with Gasteiger partial charge in [-0.15, -0.1) is 0 Å². The molecule has 0 saturated heterocycles. The summed E-state index contributed by atoms with van der Waals surface area (Å²) in [5, 5.41) is -0.0399. The summed E-state index contributed by atoms with van der Waals surface area (Å²) in [6, 6.07) is 2.16. The van der Waals surface area contributed by atoms with E-state index in [4.69, 9.17) is 4.74 Å². The molecule has 0 saturated carbocycles. The molecule has 0 aliphatic heterocycles. The van der Waals surface area contributed by atoms with Crippen LogP contribution in [0.5, 0.6) is 0 Å². The smallest absolute Gasteiger partial charge is 0.343 e. The topological polar surface area (TPSA) is 47.8 Å². The minimum atomic E-state index is -1.12. The van der Waals surface area contributed by atoms with E-state index in [0.29, 0.717) is 0 Å². The molecule has 0 aliphatic rings. The Hall–Kier alpha value is -2.50. The van der Waals surface area contributed by atoms with Crippen molar-refractivity contribution in [1.82, 2.24) is 4.40 Å². The zero-order valence-corrected chi connectivity index (χ0v) is 10.4. The Morgan fingerprint density at radius 1 is 1.35 bits per heavy atom. The van der Waals surface area contributed by atoms with Crippen LogP contribution in [0.3, 0.4) is 0 Å². The first-order chi connectivity index (χ1) is 9.54. The van der Waals surface area contributed by atoms with Gasteiger partial charge in [-0.25, -0.2) is 13.6 Å². The van der Waals surface area contributed by atoms with E-state index in [1.54, 1.807) is 6.92 Å². The molecule has 2 heterocycles. The lowest BCUT2D eigenvalue weighted by Gasteiger charge is -2.06. The predicted molar refractivity (Wildman–Crippen MR) is 68.2 cm³/mol. The third kappa shape index (κ3) is 1.57. The quantitative estimate of drug-likeness (QED) is 0.675. The Balaban J connectivity index is 2.44. The van der Waals surface area contributed by atoms with Crippen molar-refractivity contribution in [1.29, 1.82) is 0 Å². The van der Waals surface area contributed by atoms with Crippen molar-refractivity contribution in [2.45, 2.75) is 6.92 Å². The molecule has 1 aromatic carbocycles. The molecule has 0 aliphatic carbocycles. The predicted octanol–water partition coefficient (Wildman–Crippen LogP) is 2.35. The molecule has 0 spiro atoms. The van der Waals surface area contributed by atoms with Crippen LogP contribution >= 0.6 is 0 Å². The first-order valence-electron chi connectivity index (χ1n) is 5.96. The van der Waals surface area contributed by atoms with E-state index in [1.807, 2.05) is 0 Å². The summed E-state index contributed by atoms with van der Waals surface area (Å²) < 4.78 is 33.4. The molecule has 0 bridgehead atoms. The third-order valence-corrected chi connectivity index (χ3v) is 3.14. The average molecular weight is 277 g/mol. The van der Waals surface area contributed by atoms with Gasteiger partial charge >= 0.3 is 5.97 Å². The van der Waals surface area contributed by atoms with E-state index in [9.17, 15) is 18.4 Å². The first-order valence-corrected chi connectivity index (χ1v) is 5.96. The van der Waals surface area contributed by atoms with Gasteiger partial charge in [0.05, 0.1) is 17.5 Å². The molecular weight excluding hydrogens is 268 g/mol. The minimum Gasteiger partial charge on any atom is -0.462 e. The van der Waals surface area contributed by atoms with Gasteiger partial charge in [0, 0.05) is 17.8 Å². The van der Waals surface area contributed by atoms with Crippen LogP contribution in [0.15, 0.2) is 29.3 Å². The Bertz CT molecular complexity index is 885. The standard InChI is InChI=1S/C14H9F2NO3/c1-2-20-14(19)9-6-17-4-3-7-11(16)10(15)5-8(12(7)17)13(9)18/h3-6H,2H2,1H3. The second-order valence-electron chi connectivity index (χ2n) is 4.30. The van der Waals surface area contributed by atoms with Gasteiger partial charge in [-0.05, 0) is 19.1 Å². The fraction of sp³-hybridized carbons (Fsp3) is 0.143. The molecule has 0 unspecified atom stereocenters. The van der Waals surface area contributed by atoms with Crippen LogP contribution in [0.4, 0.5) is 8.78 Å². The minimum absolute atomic E-state index is 0.00695.